The maximum Gasteiger partial charge on any atom is 0.323 e. The summed E-state index contributed by atoms with van der Waals surface area (Å²) in [5.74, 6) is 0.613. The largest absolute Gasteiger partial charge is 0.323 e. The minimum atomic E-state index is -0.305. The number of nitriles is 1. The fourth-order valence-corrected chi connectivity index (χ4v) is 2.64. The van der Waals surface area contributed by atoms with Gasteiger partial charge in [0.15, 0.2) is 0 Å². The van der Waals surface area contributed by atoms with Gasteiger partial charge in [0.2, 0.25) is 0 Å². The van der Waals surface area contributed by atoms with Crippen molar-refractivity contribution in [1.82, 2.24) is 0 Å². The average molecular weight is 321 g/mol. The van der Waals surface area contributed by atoms with E-state index in [0.29, 0.717) is 23.1 Å². The van der Waals surface area contributed by atoms with E-state index < -0.39 is 0 Å². The number of anilines is 2. The number of hydrogen-bond donors (Lipinski definition) is 2. The van der Waals surface area contributed by atoms with Crippen molar-refractivity contribution in [3.63, 3.8) is 0 Å². The Bertz CT molecular complexity index is 746. The number of nitrogens with zero attached hydrogens (tertiary/aromatic N) is 1. The molecule has 4 heteroatoms. The Hall–Kier alpha value is -2.80. The molecular weight excluding hydrogens is 298 g/mol. The van der Waals surface area contributed by atoms with Gasteiger partial charge < -0.3 is 10.6 Å². The second-order valence-corrected chi connectivity index (χ2v) is 6.39. The van der Waals surface area contributed by atoms with Crippen molar-refractivity contribution in [2.45, 2.75) is 39.5 Å². The molecule has 124 valence electrons. The van der Waals surface area contributed by atoms with Crippen LogP contribution in [-0.4, -0.2) is 6.03 Å². The quantitative estimate of drug-likeness (QED) is 0.786. The van der Waals surface area contributed by atoms with E-state index in [0.717, 1.165) is 16.8 Å². The van der Waals surface area contributed by atoms with Gasteiger partial charge >= 0.3 is 6.03 Å². The third-order valence-electron chi connectivity index (χ3n) is 3.86. The molecule has 0 aliphatic heterocycles. The molecule has 0 radical (unpaired) electrons. The van der Waals surface area contributed by atoms with E-state index in [1.54, 1.807) is 24.3 Å². The Morgan fingerprint density at radius 1 is 0.958 bits per heavy atom. The molecule has 2 aromatic carbocycles. The molecule has 0 aliphatic carbocycles. The summed E-state index contributed by atoms with van der Waals surface area (Å²) in [6.45, 7) is 8.44. The Labute approximate surface area is 143 Å². The van der Waals surface area contributed by atoms with Gasteiger partial charge in [0.05, 0.1) is 11.6 Å². The number of nitrogens with one attached hydrogen (secondary N) is 2. The van der Waals surface area contributed by atoms with Gasteiger partial charge in [-0.25, -0.2) is 4.79 Å². The first-order valence-corrected chi connectivity index (χ1v) is 8.13. The van der Waals surface area contributed by atoms with Gasteiger partial charge in [-0.2, -0.15) is 5.26 Å². The maximum absolute atomic E-state index is 12.4. The summed E-state index contributed by atoms with van der Waals surface area (Å²) in [6, 6.07) is 14.7. The Balaban J connectivity index is 2.26. The smallest absolute Gasteiger partial charge is 0.308 e. The molecule has 0 unspecified atom stereocenters. The summed E-state index contributed by atoms with van der Waals surface area (Å²) in [7, 11) is 0. The van der Waals surface area contributed by atoms with E-state index >= 15 is 0 Å². The lowest BCUT2D eigenvalue weighted by atomic mass is 9.93. The van der Waals surface area contributed by atoms with Crippen LogP contribution in [0.2, 0.25) is 0 Å². The maximum atomic E-state index is 12.4. The van der Waals surface area contributed by atoms with Crippen LogP contribution in [-0.2, 0) is 0 Å². The molecule has 4 nitrogen and oxygen atoms in total. The van der Waals surface area contributed by atoms with Crippen molar-refractivity contribution in [1.29, 1.82) is 5.26 Å². The first-order chi connectivity index (χ1) is 11.4. The van der Waals surface area contributed by atoms with Crippen molar-refractivity contribution in [3.8, 4) is 6.07 Å². The zero-order valence-corrected chi connectivity index (χ0v) is 14.6. The van der Waals surface area contributed by atoms with E-state index in [9.17, 15) is 4.79 Å². The zero-order valence-electron chi connectivity index (χ0n) is 14.6. The summed E-state index contributed by atoms with van der Waals surface area (Å²) in [5, 5.41) is 14.7. The SMILES string of the molecule is CC(C)c1cccc(C(C)C)c1NC(=O)Nc1cccc(C#N)c1. The number of hydrogen-bond acceptors (Lipinski definition) is 2. The molecular formula is C20H23N3O. The van der Waals surface area contributed by atoms with Crippen LogP contribution in [0.5, 0.6) is 0 Å². The zero-order chi connectivity index (χ0) is 17.7. The number of carbonyl (C=O) groups is 1. The summed E-state index contributed by atoms with van der Waals surface area (Å²) in [5.41, 5.74) is 4.21. The van der Waals surface area contributed by atoms with E-state index in [1.165, 1.54) is 0 Å². The van der Waals surface area contributed by atoms with Crippen molar-refractivity contribution in [3.05, 3.63) is 59.2 Å². The molecule has 2 aromatic rings. The van der Waals surface area contributed by atoms with Gasteiger partial charge in [0.1, 0.15) is 0 Å². The number of para-hydroxylation sites is 1. The lowest BCUT2D eigenvalue weighted by molar-refractivity contribution is 0.262. The van der Waals surface area contributed by atoms with Crippen LogP contribution in [0.3, 0.4) is 0 Å². The molecule has 0 aromatic heterocycles. The molecule has 24 heavy (non-hydrogen) atoms. The summed E-state index contributed by atoms with van der Waals surface area (Å²) in [6.07, 6.45) is 0. The second kappa shape index (κ2) is 7.65. The molecule has 2 N–H and O–H groups in total. The molecule has 0 aliphatic rings. The molecule has 2 rings (SSSR count). The molecule has 0 bridgehead atoms. The van der Waals surface area contributed by atoms with Crippen LogP contribution in [0.25, 0.3) is 0 Å². The van der Waals surface area contributed by atoms with Crippen molar-refractivity contribution < 1.29 is 4.79 Å². The van der Waals surface area contributed by atoms with Crippen molar-refractivity contribution in [2.75, 3.05) is 10.6 Å². The van der Waals surface area contributed by atoms with Crippen LogP contribution in [0.1, 0.15) is 56.2 Å². The van der Waals surface area contributed by atoms with Crippen LogP contribution < -0.4 is 10.6 Å². The molecule has 0 spiro atoms. The number of carbonyl (C=O) groups excluding carboxylic acids is 1. The third kappa shape index (κ3) is 4.14. The molecule has 0 fully saturated rings. The lowest BCUT2D eigenvalue weighted by Gasteiger charge is -2.20. The second-order valence-electron chi connectivity index (χ2n) is 6.39. The highest BCUT2D eigenvalue weighted by Crippen LogP contribution is 2.32. The van der Waals surface area contributed by atoms with Gasteiger partial charge in [-0.05, 0) is 41.2 Å². The standard InChI is InChI=1S/C20H23N3O/c1-13(2)17-9-6-10-18(14(3)4)19(17)23-20(24)22-16-8-5-7-15(11-16)12-21/h5-11,13-14H,1-4H3,(H2,22,23,24). The topological polar surface area (TPSA) is 64.9 Å². The number of benzene rings is 2. The first-order valence-electron chi connectivity index (χ1n) is 8.13. The summed E-state index contributed by atoms with van der Waals surface area (Å²) >= 11 is 0. The number of amides is 2. The molecule has 0 saturated carbocycles. The van der Waals surface area contributed by atoms with Crippen LogP contribution in [0.15, 0.2) is 42.5 Å². The van der Waals surface area contributed by atoms with E-state index in [1.807, 2.05) is 18.2 Å². The fourth-order valence-electron chi connectivity index (χ4n) is 2.64. The molecule has 0 atom stereocenters. The van der Waals surface area contributed by atoms with E-state index in [2.05, 4.69) is 44.4 Å². The highest BCUT2D eigenvalue weighted by molar-refractivity contribution is 6.01. The minimum Gasteiger partial charge on any atom is -0.308 e. The van der Waals surface area contributed by atoms with Crippen LogP contribution >= 0.6 is 0 Å². The monoisotopic (exact) mass is 321 g/mol. The summed E-state index contributed by atoms with van der Waals surface area (Å²) in [4.78, 5) is 12.4. The molecule has 0 saturated heterocycles. The van der Waals surface area contributed by atoms with Gasteiger partial charge in [-0.15, -0.1) is 0 Å². The Morgan fingerprint density at radius 3 is 2.08 bits per heavy atom. The highest BCUT2D eigenvalue weighted by Gasteiger charge is 2.16. The van der Waals surface area contributed by atoms with E-state index in [4.69, 9.17) is 5.26 Å². The summed E-state index contributed by atoms with van der Waals surface area (Å²) < 4.78 is 0. The van der Waals surface area contributed by atoms with Gasteiger partial charge in [0.25, 0.3) is 0 Å². The fraction of sp³-hybridized carbons (Fsp3) is 0.300. The predicted molar refractivity (Wildman–Crippen MR) is 98.4 cm³/mol. The highest BCUT2D eigenvalue weighted by atomic mass is 16.2. The van der Waals surface area contributed by atoms with Crippen molar-refractivity contribution >= 4 is 17.4 Å². The Morgan fingerprint density at radius 2 is 1.54 bits per heavy atom. The predicted octanol–water partition coefficient (Wildman–Crippen LogP) is 5.45. The molecule has 0 heterocycles. The number of urea groups is 1. The van der Waals surface area contributed by atoms with Crippen LogP contribution in [0.4, 0.5) is 16.2 Å². The van der Waals surface area contributed by atoms with Crippen LogP contribution in [0, 0.1) is 11.3 Å². The van der Waals surface area contributed by atoms with Gasteiger partial charge in [0, 0.05) is 11.4 Å². The molecule has 2 amide bonds. The number of rotatable bonds is 4. The minimum absolute atomic E-state index is 0.305. The van der Waals surface area contributed by atoms with Crippen molar-refractivity contribution in [2.24, 2.45) is 0 Å². The van der Waals surface area contributed by atoms with Gasteiger partial charge in [-0.3, -0.25) is 0 Å². The van der Waals surface area contributed by atoms with Gasteiger partial charge in [-0.1, -0.05) is 52.0 Å². The normalized spacial score (nSPS) is 10.5. The van der Waals surface area contributed by atoms with E-state index in [-0.39, 0.29) is 6.03 Å². The third-order valence-corrected chi connectivity index (χ3v) is 3.86. The lowest BCUT2D eigenvalue weighted by Crippen LogP contribution is -2.21. The average Bonchev–Trinajstić information content (AvgIpc) is 2.54. The Kier molecular flexibility index (Phi) is 5.59. The first kappa shape index (κ1) is 17.6.